The van der Waals surface area contributed by atoms with E-state index >= 15 is 0 Å². The van der Waals surface area contributed by atoms with Crippen LogP contribution < -0.4 is 14.8 Å². The van der Waals surface area contributed by atoms with Gasteiger partial charge in [0, 0.05) is 87.2 Å². The first-order valence-corrected chi connectivity index (χ1v) is 34.9. The highest BCUT2D eigenvalue weighted by atomic mass is 32.2. The van der Waals surface area contributed by atoms with Crippen LogP contribution in [0.5, 0.6) is 11.5 Å². The average Bonchev–Trinajstić information content (AvgIpc) is 1.67. The topological polar surface area (TPSA) is 186 Å². The van der Waals surface area contributed by atoms with E-state index in [1.165, 1.54) is 24.3 Å². The monoisotopic (exact) mass is 1380 g/mol. The van der Waals surface area contributed by atoms with Crippen molar-refractivity contribution < 1.29 is 100 Å². The number of thioether (sulfide) groups is 2. The lowest BCUT2D eigenvalue weighted by molar-refractivity contribution is -0.138. The molecule has 0 radical (unpaired) electrons. The molecular weight excluding hydrogens is 1290 g/mol. The fourth-order valence-electron chi connectivity index (χ4n) is 9.82. The fraction of sp³-hybridized carbons (Fsp3) is 0.667. The second kappa shape index (κ2) is 34.5. The number of benzene rings is 3. The van der Waals surface area contributed by atoms with Gasteiger partial charge in [0.1, 0.15) is 46.3 Å². The van der Waals surface area contributed by atoms with Crippen LogP contribution in [0.1, 0.15) is 105 Å². The third-order valence-electron chi connectivity index (χ3n) is 14.5. The van der Waals surface area contributed by atoms with Gasteiger partial charge in [0.2, 0.25) is 0 Å². The molecule has 5 heterocycles. The summed E-state index contributed by atoms with van der Waals surface area (Å²) in [4.78, 5) is 40.9. The fourth-order valence-corrected chi connectivity index (χ4v) is 12.0. The number of epoxide rings is 1. The summed E-state index contributed by atoms with van der Waals surface area (Å²) in [5.41, 5.74) is -3.70. The van der Waals surface area contributed by atoms with Crippen LogP contribution in [-0.2, 0) is 47.3 Å². The molecule has 92 heavy (non-hydrogen) atoms. The molecule has 8 atom stereocenters. The maximum atomic E-state index is 12.7. The quantitative estimate of drug-likeness (QED) is 0.0881. The van der Waals surface area contributed by atoms with Gasteiger partial charge in [-0.2, -0.15) is 63.0 Å². The van der Waals surface area contributed by atoms with E-state index in [1.54, 1.807) is 38.2 Å². The van der Waals surface area contributed by atoms with Crippen LogP contribution in [0.15, 0.2) is 72.8 Å². The number of aliphatic hydroxyl groups is 1. The van der Waals surface area contributed by atoms with E-state index in [-0.39, 0.29) is 59.7 Å². The number of alkyl halides is 9. The van der Waals surface area contributed by atoms with Gasteiger partial charge in [-0.1, -0.05) is 0 Å². The number of amides is 3. The Kier molecular flexibility index (Phi) is 29.8. The Bertz CT molecular complexity index is 2850. The van der Waals surface area contributed by atoms with E-state index in [1.807, 2.05) is 74.8 Å². The Morgan fingerprint density at radius 1 is 0.576 bits per heavy atom. The number of hydrogen-bond donors (Lipinski definition) is 2. The zero-order valence-electron chi connectivity index (χ0n) is 54.1. The van der Waals surface area contributed by atoms with Gasteiger partial charge in [0.05, 0.1) is 41.3 Å². The Morgan fingerprint density at radius 2 is 0.957 bits per heavy atom. The van der Waals surface area contributed by atoms with E-state index in [0.29, 0.717) is 68.4 Å². The van der Waals surface area contributed by atoms with Crippen LogP contribution in [-0.4, -0.2) is 183 Å². The van der Waals surface area contributed by atoms with Crippen molar-refractivity contribution in [3.63, 3.8) is 0 Å². The van der Waals surface area contributed by atoms with Crippen molar-refractivity contribution in [2.24, 2.45) is 23.7 Å². The number of aliphatic hydroxyl groups excluding tert-OH is 1. The molecule has 0 bridgehead atoms. The number of hydrogen-bond acceptors (Lipinski definition) is 15. The predicted molar refractivity (Wildman–Crippen MR) is 334 cm³/mol. The van der Waals surface area contributed by atoms with E-state index in [9.17, 15) is 71.8 Å². The molecule has 8 rings (SSSR count). The van der Waals surface area contributed by atoms with Gasteiger partial charge in [0.25, 0.3) is 0 Å². The maximum Gasteiger partial charge on any atom is 0.416 e. The van der Waals surface area contributed by atoms with Crippen LogP contribution in [0, 0.1) is 29.5 Å². The molecule has 2 N–H and O–H groups in total. The number of nitrogens with one attached hydrogen (secondary N) is 1. The Balaban J connectivity index is 0.000000253. The summed E-state index contributed by atoms with van der Waals surface area (Å²) in [5, 5.41) is 13.0. The van der Waals surface area contributed by atoms with Crippen molar-refractivity contribution in [1.82, 2.24) is 20.0 Å². The molecule has 0 spiro atoms. The highest BCUT2D eigenvalue weighted by Gasteiger charge is 2.41. The van der Waals surface area contributed by atoms with E-state index < -0.39 is 73.8 Å². The SMILES string of the molecule is CC(C)(C)OC(=O)N1CC[C@H]([C@H]2CO2)C1.CS(=O)(=O)C[C@@H](Oc1ccc(C(F)(F)F)cc1)[C@H]1CCNC1.CSC[C@@H](O)[C@H]1CCN(C(=O)OC(C)(C)C)C1.CSC[C@@H](Oc1ccc(C(F)(F)F)cc1)[C@H]1CCN(C(=O)OC(C)(C)C)C1.Fc1ccc(C(F)(F)F)cc1. The second-order valence-electron chi connectivity index (χ2n) is 26.0. The van der Waals surface area contributed by atoms with Gasteiger partial charge in [0.15, 0.2) is 9.84 Å². The van der Waals surface area contributed by atoms with Gasteiger partial charge in [-0.15, -0.1) is 0 Å². The Labute approximate surface area is 542 Å². The van der Waals surface area contributed by atoms with Crippen molar-refractivity contribution in [2.75, 3.05) is 95.0 Å². The normalized spacial score (nSPS) is 21.1. The standard InChI is InChI=1S/C19H26F3NO3S.C14H18F3NO3S.C12H23NO3S.C11H19NO3.C7H4F4/c1-18(2,3)26-17(24)23-10-9-13(11-23)16(12-27-4)25-15-7-5-14(6-8-15)19(20,21)22;1-22(19,20)9-13(10-6-7-18-8-10)21-12-4-2-11(3-5-12)14(15,16)17;1-12(2,3)16-11(15)13-6-5-9(7-13)10(14)8-17-4;1-11(2,3)15-10(13)12-5-4-8(6-12)9-7-14-9;8-6-3-1-5(2-4-6)7(9,10)11/h5-8,13,16H,9-12H2,1-4H3;2-5,10,13,18H,6-9H2,1H3;9-10,14H,5-8H2,1-4H3;8-9H,4-7H2,1-3H3;1-4H/t13-,16+;10-,13+;9-,10+;8-,9+;/m0000./s1. The van der Waals surface area contributed by atoms with Gasteiger partial charge in [-0.25, -0.2) is 27.2 Å². The molecule has 0 aromatic heterocycles. The number of nitrogens with zero attached hydrogens (tertiary/aromatic N) is 3. The van der Waals surface area contributed by atoms with Crippen LogP contribution >= 0.6 is 23.5 Å². The number of carbonyl (C=O) groups excluding carboxylic acids is 3. The number of likely N-dealkylation sites (tertiary alicyclic amines) is 3. The molecule has 522 valence electrons. The number of carbonyl (C=O) groups is 3. The Hall–Kier alpha value is -5.10. The minimum absolute atomic E-state index is 0.0250. The van der Waals surface area contributed by atoms with Gasteiger partial charge >= 0.3 is 36.8 Å². The van der Waals surface area contributed by atoms with Crippen molar-refractivity contribution in [3.05, 3.63) is 95.3 Å². The molecule has 0 aliphatic carbocycles. The summed E-state index contributed by atoms with van der Waals surface area (Å²) in [6.07, 6.45) is -6.13. The summed E-state index contributed by atoms with van der Waals surface area (Å²) >= 11 is 3.23. The summed E-state index contributed by atoms with van der Waals surface area (Å²) in [6, 6.07) is 12.0. The summed E-state index contributed by atoms with van der Waals surface area (Å²) < 4.78 is 179. The predicted octanol–water partition coefficient (Wildman–Crippen LogP) is 13.6. The molecule has 16 nitrogen and oxygen atoms in total. The first kappa shape index (κ1) is 79.3. The van der Waals surface area contributed by atoms with Crippen LogP contribution in [0.2, 0.25) is 0 Å². The zero-order chi connectivity index (χ0) is 69.2. The minimum atomic E-state index is -4.40. The van der Waals surface area contributed by atoms with E-state index in [0.717, 1.165) is 100 Å². The lowest BCUT2D eigenvalue weighted by Gasteiger charge is -2.26. The Morgan fingerprint density at radius 3 is 1.33 bits per heavy atom. The third-order valence-corrected chi connectivity index (χ3v) is 16.7. The van der Waals surface area contributed by atoms with Crippen LogP contribution in [0.3, 0.4) is 0 Å². The number of halogens is 10. The number of ether oxygens (including phenoxy) is 6. The molecule has 5 aliphatic rings. The zero-order valence-corrected chi connectivity index (χ0v) is 56.6. The van der Waals surface area contributed by atoms with Gasteiger partial charge in [-0.05, 0) is 180 Å². The largest absolute Gasteiger partial charge is 0.489 e. The van der Waals surface area contributed by atoms with Gasteiger partial charge in [-0.3, -0.25) is 0 Å². The average molecular weight is 1380 g/mol. The molecule has 0 unspecified atom stereocenters. The van der Waals surface area contributed by atoms with Crippen LogP contribution in [0.25, 0.3) is 0 Å². The summed E-state index contributed by atoms with van der Waals surface area (Å²) in [6.45, 7) is 23.0. The molecular formula is C63H90F10N4O12S3. The lowest BCUT2D eigenvalue weighted by Crippen LogP contribution is -2.37. The summed E-state index contributed by atoms with van der Waals surface area (Å²) in [5.74, 6) is 2.09. The molecule has 3 aromatic rings. The molecule has 5 saturated heterocycles. The van der Waals surface area contributed by atoms with Gasteiger partial charge < -0.3 is 53.5 Å². The minimum Gasteiger partial charge on any atom is -0.489 e. The molecule has 5 aliphatic heterocycles. The highest BCUT2D eigenvalue weighted by molar-refractivity contribution is 7.98. The van der Waals surface area contributed by atoms with E-state index in [4.69, 9.17) is 28.4 Å². The molecule has 3 aromatic carbocycles. The second-order valence-corrected chi connectivity index (χ2v) is 30.0. The molecule has 29 heteroatoms. The van der Waals surface area contributed by atoms with Crippen LogP contribution in [0.4, 0.5) is 58.3 Å². The highest BCUT2D eigenvalue weighted by Crippen LogP contribution is 2.35. The summed E-state index contributed by atoms with van der Waals surface area (Å²) in [7, 11) is -3.25. The molecule has 3 amide bonds. The van der Waals surface area contributed by atoms with Crippen molar-refractivity contribution in [2.45, 2.75) is 148 Å². The lowest BCUT2D eigenvalue weighted by atomic mass is 10.0. The van der Waals surface area contributed by atoms with Crippen molar-refractivity contribution >= 4 is 51.6 Å². The number of sulfone groups is 1. The first-order chi connectivity index (χ1) is 42.4. The maximum absolute atomic E-state index is 12.7. The molecule has 5 fully saturated rings. The van der Waals surface area contributed by atoms with Crippen molar-refractivity contribution in [1.29, 1.82) is 0 Å². The van der Waals surface area contributed by atoms with Crippen molar-refractivity contribution in [3.8, 4) is 11.5 Å². The van der Waals surface area contributed by atoms with E-state index in [2.05, 4.69) is 5.32 Å². The third kappa shape index (κ3) is 29.7. The first-order valence-electron chi connectivity index (χ1n) is 30.0. The smallest absolute Gasteiger partial charge is 0.416 e. The number of rotatable bonds is 14. The molecule has 0 saturated carbocycles.